The molecule has 3 nitrogen and oxygen atoms in total. The number of carboxylic acids is 1. The highest BCUT2D eigenvalue weighted by Crippen LogP contribution is 2.64. The second-order valence-electron chi connectivity index (χ2n) is 3.83. The van der Waals surface area contributed by atoms with E-state index in [0.29, 0.717) is 12.7 Å². The fourth-order valence-corrected chi connectivity index (χ4v) is 1.58. The fraction of sp³-hybridized carbons (Fsp3) is 0.556. The van der Waals surface area contributed by atoms with Crippen molar-refractivity contribution in [3.63, 3.8) is 0 Å². The molecule has 1 aliphatic carbocycles. The number of allylic oxidation sites excluding steroid dienone is 1. The Morgan fingerprint density at radius 1 is 1.50 bits per heavy atom. The lowest BCUT2D eigenvalue weighted by Crippen LogP contribution is -2.18. The number of aldehydes is 1. The van der Waals surface area contributed by atoms with E-state index in [1.165, 1.54) is 12.2 Å². The van der Waals surface area contributed by atoms with Crippen LogP contribution in [0.15, 0.2) is 12.2 Å². The van der Waals surface area contributed by atoms with E-state index in [0.717, 1.165) is 0 Å². The molecule has 0 heterocycles. The molecule has 0 spiro atoms. The maximum atomic E-state index is 10.8. The molecule has 0 aromatic heterocycles. The molecule has 66 valence electrons. The summed E-state index contributed by atoms with van der Waals surface area (Å²) in [7, 11) is 0. The summed E-state index contributed by atoms with van der Waals surface area (Å²) < 4.78 is 0. The van der Waals surface area contributed by atoms with Crippen molar-refractivity contribution in [1.29, 1.82) is 0 Å². The van der Waals surface area contributed by atoms with Gasteiger partial charge in [-0.25, -0.2) is 0 Å². The first-order valence-electron chi connectivity index (χ1n) is 3.83. The molecule has 1 unspecified atom stereocenters. The lowest BCUT2D eigenvalue weighted by molar-refractivity contribution is -0.142. The van der Waals surface area contributed by atoms with Gasteiger partial charge >= 0.3 is 5.97 Å². The molecule has 0 aromatic rings. The van der Waals surface area contributed by atoms with E-state index in [4.69, 9.17) is 5.11 Å². The number of hydrogen-bond acceptors (Lipinski definition) is 2. The molecular formula is C9H12O3. The van der Waals surface area contributed by atoms with Crippen LogP contribution in [0.3, 0.4) is 0 Å². The lowest BCUT2D eigenvalue weighted by atomic mass is 9.96. The quantitative estimate of drug-likeness (QED) is 0.509. The summed E-state index contributed by atoms with van der Waals surface area (Å²) in [5.74, 6) is -0.842. The van der Waals surface area contributed by atoms with Crippen molar-refractivity contribution >= 4 is 12.3 Å². The van der Waals surface area contributed by atoms with E-state index in [2.05, 4.69) is 0 Å². The summed E-state index contributed by atoms with van der Waals surface area (Å²) in [6.07, 6.45) is 3.98. The number of aliphatic carboxylic acids is 1. The molecule has 1 aliphatic rings. The highest BCUT2D eigenvalue weighted by Gasteiger charge is 2.65. The first-order valence-corrected chi connectivity index (χ1v) is 3.83. The molecular weight excluding hydrogens is 156 g/mol. The minimum Gasteiger partial charge on any atom is -0.481 e. The number of rotatable bonds is 3. The van der Waals surface area contributed by atoms with Crippen molar-refractivity contribution in [2.45, 2.75) is 20.3 Å². The monoisotopic (exact) mass is 168 g/mol. The van der Waals surface area contributed by atoms with Crippen molar-refractivity contribution in [1.82, 2.24) is 0 Å². The van der Waals surface area contributed by atoms with Gasteiger partial charge in [-0.2, -0.15) is 0 Å². The second kappa shape index (κ2) is 2.44. The van der Waals surface area contributed by atoms with Gasteiger partial charge in [-0.3, -0.25) is 9.59 Å². The third kappa shape index (κ3) is 1.05. The summed E-state index contributed by atoms with van der Waals surface area (Å²) >= 11 is 0. The Balaban J connectivity index is 2.87. The van der Waals surface area contributed by atoms with Gasteiger partial charge in [0.2, 0.25) is 0 Å². The smallest absolute Gasteiger partial charge is 0.314 e. The molecule has 1 saturated carbocycles. The summed E-state index contributed by atoms with van der Waals surface area (Å²) in [6, 6.07) is 0. The molecule has 1 atom stereocenters. The maximum Gasteiger partial charge on any atom is 0.314 e. The van der Waals surface area contributed by atoms with Crippen LogP contribution in [0.1, 0.15) is 20.3 Å². The zero-order valence-electron chi connectivity index (χ0n) is 7.20. The number of carbonyl (C=O) groups excluding carboxylic acids is 1. The van der Waals surface area contributed by atoms with Gasteiger partial charge in [0, 0.05) is 0 Å². The molecule has 0 saturated heterocycles. The standard InChI is InChI=1S/C9H12O3/c1-8(2)6-9(8,7(11)12)4-3-5-10/h3-5H,6H2,1-2H3,(H,11,12). The normalized spacial score (nSPS) is 31.8. The number of carboxylic acid groups (broad SMARTS) is 1. The summed E-state index contributed by atoms with van der Waals surface area (Å²) in [4.78, 5) is 20.9. The topological polar surface area (TPSA) is 54.4 Å². The Bertz CT molecular complexity index is 252. The van der Waals surface area contributed by atoms with Gasteiger partial charge in [0.15, 0.2) is 0 Å². The van der Waals surface area contributed by atoms with Crippen molar-refractivity contribution in [3.05, 3.63) is 12.2 Å². The van der Waals surface area contributed by atoms with Crippen molar-refractivity contribution in [2.24, 2.45) is 10.8 Å². The molecule has 1 rings (SSSR count). The molecule has 0 aromatic carbocycles. The SMILES string of the molecule is CC1(C)CC1(C=CC=O)C(=O)O. The average Bonchev–Trinajstić information content (AvgIpc) is 2.51. The van der Waals surface area contributed by atoms with E-state index in [1.807, 2.05) is 13.8 Å². The third-order valence-electron chi connectivity index (χ3n) is 2.64. The van der Waals surface area contributed by atoms with Gasteiger partial charge in [-0.1, -0.05) is 19.9 Å². The number of hydrogen-bond donors (Lipinski definition) is 1. The zero-order chi connectivity index (χ0) is 9.41. The van der Waals surface area contributed by atoms with E-state index in [-0.39, 0.29) is 5.41 Å². The first kappa shape index (κ1) is 8.97. The largest absolute Gasteiger partial charge is 0.481 e. The Morgan fingerprint density at radius 2 is 2.00 bits per heavy atom. The highest BCUT2D eigenvalue weighted by atomic mass is 16.4. The van der Waals surface area contributed by atoms with Crippen LogP contribution < -0.4 is 0 Å². The molecule has 12 heavy (non-hydrogen) atoms. The van der Waals surface area contributed by atoms with Crippen LogP contribution in [-0.4, -0.2) is 17.4 Å². The lowest BCUT2D eigenvalue weighted by Gasteiger charge is -2.09. The van der Waals surface area contributed by atoms with Crippen LogP contribution >= 0.6 is 0 Å². The van der Waals surface area contributed by atoms with Crippen LogP contribution in [0.25, 0.3) is 0 Å². The highest BCUT2D eigenvalue weighted by molar-refractivity contribution is 5.83. The van der Waals surface area contributed by atoms with Crippen LogP contribution in [0.5, 0.6) is 0 Å². The van der Waals surface area contributed by atoms with Gasteiger partial charge in [0.05, 0.1) is 5.41 Å². The Hall–Kier alpha value is -1.12. The summed E-state index contributed by atoms with van der Waals surface area (Å²) in [6.45, 7) is 3.77. The molecule has 1 N–H and O–H groups in total. The average molecular weight is 168 g/mol. The minimum absolute atomic E-state index is 0.210. The maximum absolute atomic E-state index is 10.8. The molecule has 3 heteroatoms. The predicted octanol–water partition coefficient (Wildman–Crippen LogP) is 1.24. The van der Waals surface area contributed by atoms with Gasteiger partial charge in [0.25, 0.3) is 0 Å². The first-order chi connectivity index (χ1) is 5.46. The molecule has 0 amide bonds. The van der Waals surface area contributed by atoms with E-state index < -0.39 is 11.4 Å². The molecule has 0 radical (unpaired) electrons. The van der Waals surface area contributed by atoms with Gasteiger partial charge in [0.1, 0.15) is 6.29 Å². The van der Waals surface area contributed by atoms with Crippen molar-refractivity contribution < 1.29 is 14.7 Å². The predicted molar refractivity (Wildman–Crippen MR) is 43.7 cm³/mol. The second-order valence-corrected chi connectivity index (χ2v) is 3.83. The minimum atomic E-state index is -0.842. The molecule has 0 aliphatic heterocycles. The fourth-order valence-electron chi connectivity index (χ4n) is 1.58. The number of carbonyl (C=O) groups is 2. The zero-order valence-corrected chi connectivity index (χ0v) is 7.20. The molecule has 1 fully saturated rings. The van der Waals surface area contributed by atoms with E-state index in [1.54, 1.807) is 0 Å². The van der Waals surface area contributed by atoms with Crippen LogP contribution in [-0.2, 0) is 9.59 Å². The third-order valence-corrected chi connectivity index (χ3v) is 2.64. The Morgan fingerprint density at radius 3 is 2.25 bits per heavy atom. The van der Waals surface area contributed by atoms with E-state index >= 15 is 0 Å². The van der Waals surface area contributed by atoms with Crippen LogP contribution in [0.2, 0.25) is 0 Å². The summed E-state index contributed by atoms with van der Waals surface area (Å²) in [5.41, 5.74) is -1.01. The van der Waals surface area contributed by atoms with Crippen molar-refractivity contribution in [2.75, 3.05) is 0 Å². The van der Waals surface area contributed by atoms with Crippen LogP contribution in [0.4, 0.5) is 0 Å². The van der Waals surface area contributed by atoms with Gasteiger partial charge < -0.3 is 5.11 Å². The van der Waals surface area contributed by atoms with E-state index in [9.17, 15) is 9.59 Å². The van der Waals surface area contributed by atoms with Gasteiger partial charge in [-0.15, -0.1) is 0 Å². The van der Waals surface area contributed by atoms with Crippen LogP contribution in [0, 0.1) is 10.8 Å². The summed E-state index contributed by atoms with van der Waals surface area (Å²) in [5, 5.41) is 8.90. The van der Waals surface area contributed by atoms with Gasteiger partial charge in [-0.05, 0) is 17.9 Å². The molecule has 0 bridgehead atoms. The Kier molecular flexibility index (Phi) is 1.82. The van der Waals surface area contributed by atoms with Crippen molar-refractivity contribution in [3.8, 4) is 0 Å². The Labute approximate surface area is 71.1 Å².